The third-order valence-electron chi connectivity index (χ3n) is 11.7. The Morgan fingerprint density at radius 1 is 1.03 bits per heavy atom. The van der Waals surface area contributed by atoms with Gasteiger partial charge in [0.1, 0.15) is 23.3 Å². The summed E-state index contributed by atoms with van der Waals surface area (Å²) in [6.07, 6.45) is 9.17. The number of nitrogens with zero attached hydrogens (tertiary/aromatic N) is 3. The molecule has 2 fully saturated rings. The highest BCUT2D eigenvalue weighted by Gasteiger charge is 2.65. The Kier molecular flexibility index (Phi) is 15.7. The molecule has 2 aromatic rings. The van der Waals surface area contributed by atoms with Crippen molar-refractivity contribution in [3.8, 4) is 17.2 Å². The molecular formula is C43H57N3O13. The molecule has 0 spiro atoms. The van der Waals surface area contributed by atoms with Gasteiger partial charge in [-0.05, 0) is 86.3 Å². The molecule has 16 heteroatoms. The minimum atomic E-state index is -1.61. The molecule has 7 atom stereocenters. The summed E-state index contributed by atoms with van der Waals surface area (Å²) in [5, 5.41) is 56.3. The average Bonchev–Trinajstić information content (AvgIpc) is 3.24. The Morgan fingerprint density at radius 3 is 2.51 bits per heavy atom. The van der Waals surface area contributed by atoms with Gasteiger partial charge in [-0.2, -0.15) is 0 Å². The maximum Gasteiger partial charge on any atom is 0.415 e. The fourth-order valence-corrected chi connectivity index (χ4v) is 9.07. The molecule has 2 heterocycles. The van der Waals surface area contributed by atoms with Crippen LogP contribution in [0, 0.1) is 27.9 Å². The maximum absolute atomic E-state index is 14.6. The molecule has 0 aromatic heterocycles. The van der Waals surface area contributed by atoms with Gasteiger partial charge in [0, 0.05) is 56.2 Å². The van der Waals surface area contributed by atoms with E-state index >= 15 is 0 Å². The lowest BCUT2D eigenvalue weighted by Crippen LogP contribution is -2.70. The number of amides is 1. The number of aliphatic hydroxyl groups excluding tert-OH is 3. The Morgan fingerprint density at radius 2 is 1.81 bits per heavy atom. The molecule has 6 rings (SSSR count). The van der Waals surface area contributed by atoms with Crippen LogP contribution < -0.4 is 9.47 Å². The van der Waals surface area contributed by atoms with Crippen molar-refractivity contribution in [3.63, 3.8) is 0 Å². The number of carbonyl (C=O) groups excluding carboxylic acids is 1. The molecule has 322 valence electrons. The Balaban J connectivity index is 1.54. The van der Waals surface area contributed by atoms with Gasteiger partial charge in [-0.1, -0.05) is 30.1 Å². The molecule has 1 unspecified atom stereocenters. The summed E-state index contributed by atoms with van der Waals surface area (Å²) in [5.41, 5.74) is 1.96. The van der Waals surface area contributed by atoms with Gasteiger partial charge in [0.25, 0.3) is 5.69 Å². The highest BCUT2D eigenvalue weighted by molar-refractivity contribution is 6.03. The Hall–Kier alpha value is -4.58. The van der Waals surface area contributed by atoms with E-state index in [-0.39, 0.29) is 87.5 Å². The van der Waals surface area contributed by atoms with Gasteiger partial charge >= 0.3 is 6.09 Å². The quantitative estimate of drug-likeness (QED) is 0.0495. The molecule has 0 bridgehead atoms. The number of carbonyl (C=O) groups is 1. The summed E-state index contributed by atoms with van der Waals surface area (Å²) in [5.74, 6) is -2.06. The van der Waals surface area contributed by atoms with Crippen molar-refractivity contribution in [1.82, 2.24) is 4.90 Å². The largest absolute Gasteiger partial charge is 0.508 e. The molecule has 1 amide bonds. The number of allylic oxidation sites excluding steroid dienone is 1. The standard InChI is InChI=1S/C43H57N3O13/c1-2-22-56-43-38(45(18-24-54-25-21-49)42(51)57-32-15-12-30(13-16-32)46(52)53)28-36(44-59-39-11-5-8-23-55-39)34-26-29(9-3-6-19-47)33(10-4-7-20-48)40(41(34)43)35-27-31(50)14-17-37(35)58-43/h2,12-17,26-27,29,33,38-41,47-50H,1,3-11,18-25,28H2/t29-,33+,38-,39?,40+,41+,43+/m0/s1. The molecule has 59 heavy (non-hydrogen) atoms. The highest BCUT2D eigenvalue weighted by atomic mass is 16.8. The first-order valence-electron chi connectivity index (χ1n) is 20.7. The molecule has 4 aliphatic rings. The van der Waals surface area contributed by atoms with Crippen molar-refractivity contribution in [2.45, 2.75) is 88.2 Å². The lowest BCUT2D eigenvalue weighted by Gasteiger charge is -2.59. The van der Waals surface area contributed by atoms with Crippen molar-refractivity contribution >= 4 is 17.5 Å². The minimum Gasteiger partial charge on any atom is -0.508 e. The van der Waals surface area contributed by atoms with E-state index in [1.165, 1.54) is 29.2 Å². The van der Waals surface area contributed by atoms with E-state index in [2.05, 4.69) is 12.7 Å². The van der Waals surface area contributed by atoms with Crippen LogP contribution in [0.4, 0.5) is 10.5 Å². The fourth-order valence-electron chi connectivity index (χ4n) is 9.07. The normalized spacial score (nSPS) is 26.5. The second kappa shape index (κ2) is 21.1. The molecule has 16 nitrogen and oxygen atoms in total. The summed E-state index contributed by atoms with van der Waals surface area (Å²) in [7, 11) is 0. The van der Waals surface area contributed by atoms with E-state index < -0.39 is 35.1 Å². The van der Waals surface area contributed by atoms with E-state index in [1.807, 2.05) is 0 Å². The van der Waals surface area contributed by atoms with Crippen LogP contribution in [0.2, 0.25) is 0 Å². The lowest BCUT2D eigenvalue weighted by atomic mass is 9.55. The number of aliphatic hydroxyl groups is 3. The number of benzene rings is 2. The van der Waals surface area contributed by atoms with Crippen molar-refractivity contribution in [2.24, 2.45) is 22.9 Å². The van der Waals surface area contributed by atoms with Gasteiger partial charge in [0.05, 0.1) is 49.6 Å². The topological polar surface area (TPSA) is 212 Å². The second-order valence-corrected chi connectivity index (χ2v) is 15.3. The summed E-state index contributed by atoms with van der Waals surface area (Å²) in [6, 6.07) is 9.20. The fraction of sp³-hybridized carbons (Fsp3) is 0.581. The van der Waals surface area contributed by atoms with E-state index in [0.717, 1.165) is 43.2 Å². The van der Waals surface area contributed by atoms with Crippen LogP contribution in [0.15, 0.2) is 71.9 Å². The summed E-state index contributed by atoms with van der Waals surface area (Å²) >= 11 is 0. The van der Waals surface area contributed by atoms with Crippen molar-refractivity contribution in [3.05, 3.63) is 82.4 Å². The molecule has 0 radical (unpaired) electrons. The lowest BCUT2D eigenvalue weighted by molar-refractivity contribution is -0.384. The molecule has 2 aliphatic carbocycles. The molecule has 2 aromatic carbocycles. The third kappa shape index (κ3) is 10.2. The van der Waals surface area contributed by atoms with Gasteiger partial charge in [-0.3, -0.25) is 15.0 Å². The van der Waals surface area contributed by atoms with Gasteiger partial charge < -0.3 is 48.9 Å². The zero-order chi connectivity index (χ0) is 41.8. The molecule has 4 N–H and O–H groups in total. The van der Waals surface area contributed by atoms with Crippen molar-refractivity contribution < 1.29 is 58.7 Å². The number of fused-ring (bicyclic) bond motifs is 2. The van der Waals surface area contributed by atoms with Crippen LogP contribution in [0.5, 0.6) is 17.2 Å². The van der Waals surface area contributed by atoms with Crippen LogP contribution >= 0.6 is 0 Å². The second-order valence-electron chi connectivity index (χ2n) is 15.3. The molecule has 2 aliphatic heterocycles. The number of ether oxygens (including phenoxy) is 5. The van der Waals surface area contributed by atoms with Crippen LogP contribution in [-0.4, -0.2) is 113 Å². The van der Waals surface area contributed by atoms with E-state index in [4.69, 9.17) is 33.7 Å². The Labute approximate surface area is 344 Å². The van der Waals surface area contributed by atoms with Crippen LogP contribution in [0.25, 0.3) is 0 Å². The number of hydrogen-bond donors (Lipinski definition) is 4. The van der Waals surface area contributed by atoms with E-state index in [9.17, 15) is 35.3 Å². The van der Waals surface area contributed by atoms with Crippen molar-refractivity contribution in [2.75, 3.05) is 52.8 Å². The zero-order valence-corrected chi connectivity index (χ0v) is 33.4. The molecule has 1 saturated carbocycles. The predicted octanol–water partition coefficient (Wildman–Crippen LogP) is 5.97. The summed E-state index contributed by atoms with van der Waals surface area (Å²) in [4.78, 5) is 33.1. The van der Waals surface area contributed by atoms with Crippen LogP contribution in [0.3, 0.4) is 0 Å². The number of unbranched alkanes of at least 4 members (excludes halogenated alkanes) is 2. The number of rotatable bonds is 21. The number of phenolic OH excluding ortho intramolecular Hbond substituents is 1. The summed E-state index contributed by atoms with van der Waals surface area (Å²) in [6.45, 7) is 4.36. The monoisotopic (exact) mass is 823 g/mol. The van der Waals surface area contributed by atoms with Gasteiger partial charge in [-0.25, -0.2) is 4.79 Å². The SMILES string of the molecule is C=CCO[C@@]12Oc3ccc(O)cc3[C@H]3[C@H](CCCCO)[C@@H](CCCCO)C=C(C(=NOC4CCCCO4)C[C@@H]1N(CCOCCO)C(=O)Oc1ccc([N+](=O)[O-])cc1)[C@H]32. The van der Waals surface area contributed by atoms with Crippen molar-refractivity contribution in [1.29, 1.82) is 0 Å². The minimum absolute atomic E-state index is 0.000811. The number of nitro groups is 1. The number of nitro benzene ring substituents is 1. The summed E-state index contributed by atoms with van der Waals surface area (Å²) < 4.78 is 31.6. The maximum atomic E-state index is 14.6. The number of phenols is 1. The highest BCUT2D eigenvalue weighted by Crippen LogP contribution is 2.62. The van der Waals surface area contributed by atoms with Gasteiger partial charge in [0.2, 0.25) is 12.1 Å². The average molecular weight is 824 g/mol. The number of aromatic hydroxyl groups is 1. The number of hydrogen-bond acceptors (Lipinski definition) is 14. The zero-order valence-electron chi connectivity index (χ0n) is 33.4. The van der Waals surface area contributed by atoms with Gasteiger partial charge in [0.15, 0.2) is 0 Å². The molecule has 1 saturated heterocycles. The first-order valence-corrected chi connectivity index (χ1v) is 20.7. The Bertz CT molecular complexity index is 1780. The van der Waals surface area contributed by atoms with E-state index in [0.29, 0.717) is 43.8 Å². The first kappa shape index (κ1) is 44.0. The van der Waals surface area contributed by atoms with Crippen LogP contribution in [0.1, 0.15) is 75.7 Å². The predicted molar refractivity (Wildman–Crippen MR) is 215 cm³/mol. The van der Waals surface area contributed by atoms with Crippen LogP contribution in [-0.2, 0) is 19.0 Å². The smallest absolute Gasteiger partial charge is 0.415 e. The van der Waals surface area contributed by atoms with E-state index in [1.54, 1.807) is 24.3 Å². The third-order valence-corrected chi connectivity index (χ3v) is 11.7. The number of non-ortho nitro benzene ring substituents is 1. The molecular weight excluding hydrogens is 766 g/mol. The first-order chi connectivity index (χ1) is 28.7. The number of oxime groups is 1. The van der Waals surface area contributed by atoms with Gasteiger partial charge in [-0.15, -0.1) is 6.58 Å².